The first-order valence-electron chi connectivity index (χ1n) is 8.92. The minimum absolute atomic E-state index is 0.0738. The summed E-state index contributed by atoms with van der Waals surface area (Å²) < 4.78 is 0. The summed E-state index contributed by atoms with van der Waals surface area (Å²) in [4.78, 5) is 12.2. The Labute approximate surface area is 133 Å². The largest absolute Gasteiger partial charge is 0.352 e. The zero-order chi connectivity index (χ0) is 15.5. The lowest BCUT2D eigenvalue weighted by atomic mass is 9.83. The molecule has 0 bridgehead atoms. The molecule has 2 aliphatic heterocycles. The van der Waals surface area contributed by atoms with E-state index >= 15 is 0 Å². The third-order valence-corrected chi connectivity index (χ3v) is 5.41. The van der Waals surface area contributed by atoms with Gasteiger partial charge in [0.15, 0.2) is 0 Å². The molecule has 6 heteroatoms. The predicted octanol–water partition coefficient (Wildman–Crippen LogP) is 0.214. The topological polar surface area (TPSA) is 77.2 Å². The highest BCUT2D eigenvalue weighted by atomic mass is 16.2. The third-order valence-electron chi connectivity index (χ3n) is 5.41. The zero-order valence-corrected chi connectivity index (χ0v) is 13.8. The van der Waals surface area contributed by atoms with Crippen LogP contribution in [0.25, 0.3) is 0 Å². The first-order valence-corrected chi connectivity index (χ1v) is 8.92. The molecule has 2 saturated heterocycles. The van der Waals surface area contributed by atoms with Crippen LogP contribution in [0.5, 0.6) is 0 Å². The molecule has 126 valence electrons. The maximum Gasteiger partial charge on any atom is 0.238 e. The number of hydrogen-bond acceptors (Lipinski definition) is 5. The highest BCUT2D eigenvalue weighted by Crippen LogP contribution is 2.27. The molecule has 1 aliphatic carbocycles. The van der Waals surface area contributed by atoms with Gasteiger partial charge in [0.2, 0.25) is 5.91 Å². The van der Waals surface area contributed by atoms with Gasteiger partial charge in [-0.3, -0.25) is 15.5 Å². The molecular weight excluding hydrogens is 278 g/mol. The Bertz CT molecular complexity index is 383. The number of rotatable bonds is 3. The monoisotopic (exact) mass is 309 g/mol. The average molecular weight is 309 g/mol. The van der Waals surface area contributed by atoms with Gasteiger partial charge in [-0.15, -0.1) is 0 Å². The first-order chi connectivity index (χ1) is 10.6. The third kappa shape index (κ3) is 3.98. The van der Waals surface area contributed by atoms with Crippen molar-refractivity contribution < 1.29 is 4.79 Å². The van der Waals surface area contributed by atoms with Crippen LogP contribution in [0.2, 0.25) is 0 Å². The SMILES string of the molecule is CC1CC(C(=O)NC2CCC(C3NCCC(C)N3)CC2)NN1. The number of amides is 1. The Hall–Kier alpha value is -0.690. The van der Waals surface area contributed by atoms with Gasteiger partial charge in [0.1, 0.15) is 6.04 Å². The van der Waals surface area contributed by atoms with Crippen molar-refractivity contribution >= 4 is 5.91 Å². The van der Waals surface area contributed by atoms with Crippen molar-refractivity contribution in [3.05, 3.63) is 0 Å². The Morgan fingerprint density at radius 3 is 2.41 bits per heavy atom. The van der Waals surface area contributed by atoms with E-state index < -0.39 is 0 Å². The van der Waals surface area contributed by atoms with Crippen molar-refractivity contribution in [2.75, 3.05) is 6.54 Å². The highest BCUT2D eigenvalue weighted by molar-refractivity contribution is 5.82. The van der Waals surface area contributed by atoms with Crippen LogP contribution in [0.1, 0.15) is 52.4 Å². The van der Waals surface area contributed by atoms with Gasteiger partial charge in [0, 0.05) is 18.1 Å². The number of carbonyl (C=O) groups excluding carboxylic acids is 1. The lowest BCUT2D eigenvalue weighted by molar-refractivity contribution is -0.123. The van der Waals surface area contributed by atoms with Gasteiger partial charge in [0.25, 0.3) is 0 Å². The summed E-state index contributed by atoms with van der Waals surface area (Å²) in [7, 11) is 0. The molecule has 1 saturated carbocycles. The van der Waals surface area contributed by atoms with Crippen molar-refractivity contribution in [3.8, 4) is 0 Å². The summed E-state index contributed by atoms with van der Waals surface area (Å²) in [5.41, 5.74) is 6.19. The van der Waals surface area contributed by atoms with Crippen molar-refractivity contribution in [2.24, 2.45) is 5.92 Å². The number of nitrogens with one attached hydrogen (secondary N) is 5. The lowest BCUT2D eigenvalue weighted by Crippen LogP contribution is -2.57. The molecule has 3 rings (SSSR count). The van der Waals surface area contributed by atoms with Gasteiger partial charge in [-0.25, -0.2) is 5.43 Å². The molecule has 0 spiro atoms. The number of hydrazine groups is 1. The number of hydrogen-bond donors (Lipinski definition) is 5. The van der Waals surface area contributed by atoms with Crippen LogP contribution in [0, 0.1) is 5.92 Å². The van der Waals surface area contributed by atoms with E-state index in [2.05, 4.69) is 40.6 Å². The summed E-state index contributed by atoms with van der Waals surface area (Å²) >= 11 is 0. The number of carbonyl (C=O) groups is 1. The molecule has 4 unspecified atom stereocenters. The van der Waals surface area contributed by atoms with E-state index in [1.807, 2.05) is 0 Å². The Balaban J connectivity index is 1.41. The molecule has 2 heterocycles. The smallest absolute Gasteiger partial charge is 0.238 e. The van der Waals surface area contributed by atoms with E-state index in [0.717, 1.165) is 25.8 Å². The predicted molar refractivity (Wildman–Crippen MR) is 87.0 cm³/mol. The van der Waals surface area contributed by atoms with E-state index in [-0.39, 0.29) is 11.9 Å². The second kappa shape index (κ2) is 7.25. The molecule has 22 heavy (non-hydrogen) atoms. The van der Waals surface area contributed by atoms with Gasteiger partial charge < -0.3 is 10.6 Å². The fourth-order valence-corrected chi connectivity index (χ4v) is 3.99. The molecular formula is C16H31N5O. The molecule has 0 aromatic rings. The van der Waals surface area contributed by atoms with E-state index in [1.54, 1.807) is 0 Å². The summed E-state index contributed by atoms with van der Waals surface area (Å²) in [5.74, 6) is 0.852. The van der Waals surface area contributed by atoms with Crippen LogP contribution in [0.15, 0.2) is 0 Å². The van der Waals surface area contributed by atoms with Crippen LogP contribution in [-0.4, -0.2) is 42.8 Å². The fraction of sp³-hybridized carbons (Fsp3) is 0.938. The summed E-state index contributed by atoms with van der Waals surface area (Å²) in [6.07, 6.45) is 7.12. The van der Waals surface area contributed by atoms with Gasteiger partial charge in [0.05, 0.1) is 6.17 Å². The molecule has 3 fully saturated rings. The normalized spacial score (nSPS) is 43.0. The lowest BCUT2D eigenvalue weighted by Gasteiger charge is -2.39. The van der Waals surface area contributed by atoms with Gasteiger partial charge in [-0.2, -0.15) is 0 Å². The summed E-state index contributed by atoms with van der Waals surface area (Å²) in [6, 6.07) is 1.27. The van der Waals surface area contributed by atoms with Gasteiger partial charge in [-0.05, 0) is 64.8 Å². The minimum atomic E-state index is -0.0738. The molecule has 5 N–H and O–H groups in total. The fourth-order valence-electron chi connectivity index (χ4n) is 3.99. The highest BCUT2D eigenvalue weighted by Gasteiger charge is 2.32. The molecule has 0 aromatic carbocycles. The van der Waals surface area contributed by atoms with Crippen LogP contribution in [0.3, 0.4) is 0 Å². The molecule has 0 radical (unpaired) electrons. The van der Waals surface area contributed by atoms with E-state index in [4.69, 9.17) is 0 Å². The molecule has 1 amide bonds. The van der Waals surface area contributed by atoms with Crippen molar-refractivity contribution in [1.82, 2.24) is 26.8 Å². The average Bonchev–Trinajstić information content (AvgIpc) is 2.95. The standard InChI is InChI=1S/C16H31N5O/c1-10-7-8-17-15(18-10)12-3-5-13(6-4-12)19-16(22)14-9-11(2)20-21-14/h10-15,17-18,20-21H,3-9H2,1-2H3,(H,19,22). The Morgan fingerprint density at radius 2 is 1.77 bits per heavy atom. The Kier molecular flexibility index (Phi) is 5.33. The molecule has 6 nitrogen and oxygen atoms in total. The first kappa shape index (κ1) is 16.2. The van der Waals surface area contributed by atoms with E-state index in [1.165, 1.54) is 19.3 Å². The van der Waals surface area contributed by atoms with Crippen molar-refractivity contribution in [3.63, 3.8) is 0 Å². The Morgan fingerprint density at radius 1 is 1.00 bits per heavy atom. The zero-order valence-electron chi connectivity index (χ0n) is 13.8. The second-order valence-corrected chi connectivity index (χ2v) is 7.39. The van der Waals surface area contributed by atoms with Crippen LogP contribution in [0.4, 0.5) is 0 Å². The minimum Gasteiger partial charge on any atom is -0.352 e. The quantitative estimate of drug-likeness (QED) is 0.515. The molecule has 4 atom stereocenters. The summed E-state index contributed by atoms with van der Waals surface area (Å²) in [5, 5.41) is 10.5. The van der Waals surface area contributed by atoms with Gasteiger partial charge >= 0.3 is 0 Å². The second-order valence-electron chi connectivity index (χ2n) is 7.39. The van der Waals surface area contributed by atoms with E-state index in [9.17, 15) is 4.79 Å². The van der Waals surface area contributed by atoms with Crippen molar-refractivity contribution in [2.45, 2.75) is 82.7 Å². The maximum absolute atomic E-state index is 12.2. The summed E-state index contributed by atoms with van der Waals surface area (Å²) in [6.45, 7) is 5.48. The van der Waals surface area contributed by atoms with Crippen LogP contribution < -0.4 is 26.8 Å². The molecule has 3 aliphatic rings. The van der Waals surface area contributed by atoms with Crippen LogP contribution in [-0.2, 0) is 4.79 Å². The van der Waals surface area contributed by atoms with Crippen molar-refractivity contribution in [1.29, 1.82) is 0 Å². The van der Waals surface area contributed by atoms with Crippen LogP contribution >= 0.6 is 0 Å². The molecule has 0 aromatic heterocycles. The van der Waals surface area contributed by atoms with Gasteiger partial charge in [-0.1, -0.05) is 0 Å². The van der Waals surface area contributed by atoms with E-state index in [0.29, 0.717) is 30.2 Å². The maximum atomic E-state index is 12.2.